The van der Waals surface area contributed by atoms with E-state index in [1.807, 2.05) is 13.8 Å². The van der Waals surface area contributed by atoms with E-state index in [9.17, 15) is 14.0 Å². The molecule has 1 fully saturated rings. The van der Waals surface area contributed by atoms with E-state index < -0.39 is 11.9 Å². The Kier molecular flexibility index (Phi) is 6.31. The fourth-order valence-electron chi connectivity index (χ4n) is 2.83. The van der Waals surface area contributed by atoms with E-state index >= 15 is 0 Å². The summed E-state index contributed by atoms with van der Waals surface area (Å²) < 4.78 is 14.0. The maximum absolute atomic E-state index is 14.0. The minimum atomic E-state index is -0.643. The van der Waals surface area contributed by atoms with Gasteiger partial charge in [0, 0.05) is 11.6 Å². The Morgan fingerprint density at radius 3 is 2.46 bits per heavy atom. The molecule has 1 aromatic rings. The van der Waals surface area contributed by atoms with Crippen molar-refractivity contribution in [3.8, 4) is 0 Å². The number of rotatable bonds is 5. The van der Waals surface area contributed by atoms with Crippen LogP contribution in [0.15, 0.2) is 18.2 Å². The van der Waals surface area contributed by atoms with Crippen LogP contribution in [0.5, 0.6) is 0 Å². The fraction of sp³-hybridized carbons (Fsp3) is 0.556. The predicted molar refractivity (Wildman–Crippen MR) is 93.0 cm³/mol. The summed E-state index contributed by atoms with van der Waals surface area (Å²) in [5, 5.41) is 5.31. The number of hydrogen-bond acceptors (Lipinski definition) is 3. The van der Waals surface area contributed by atoms with Crippen molar-refractivity contribution >= 4 is 23.2 Å². The number of amides is 2. The summed E-state index contributed by atoms with van der Waals surface area (Å²) in [4.78, 5) is 24.3. The lowest BCUT2D eigenvalue weighted by atomic mass is 9.88. The van der Waals surface area contributed by atoms with E-state index in [2.05, 4.69) is 10.6 Å². The molecule has 1 atom stereocenters. The Labute approximate surface area is 142 Å². The quantitative estimate of drug-likeness (QED) is 0.772. The van der Waals surface area contributed by atoms with E-state index in [1.54, 1.807) is 0 Å². The van der Waals surface area contributed by atoms with Crippen molar-refractivity contribution < 1.29 is 14.0 Å². The summed E-state index contributed by atoms with van der Waals surface area (Å²) in [6.07, 6.45) is 4.89. The number of carbonyl (C=O) groups excluding carboxylic acids is 2. The Hall–Kier alpha value is -1.95. The van der Waals surface area contributed by atoms with Crippen LogP contribution in [0.2, 0.25) is 0 Å². The minimum Gasteiger partial charge on any atom is -0.325 e. The normalized spacial score (nSPS) is 16.7. The van der Waals surface area contributed by atoms with Crippen molar-refractivity contribution in [1.82, 2.24) is 0 Å². The molecule has 24 heavy (non-hydrogen) atoms. The van der Waals surface area contributed by atoms with Crippen LogP contribution in [0.25, 0.3) is 0 Å². The van der Waals surface area contributed by atoms with Crippen molar-refractivity contribution in [2.75, 3.05) is 10.6 Å². The molecule has 0 saturated heterocycles. The largest absolute Gasteiger partial charge is 0.325 e. The number of carbonyl (C=O) groups is 2. The average molecular weight is 335 g/mol. The van der Waals surface area contributed by atoms with E-state index in [1.165, 1.54) is 18.2 Å². The zero-order valence-corrected chi connectivity index (χ0v) is 14.3. The summed E-state index contributed by atoms with van der Waals surface area (Å²) in [5.41, 5.74) is 6.30. The first kappa shape index (κ1) is 18.4. The molecule has 0 spiro atoms. The smallest absolute Gasteiger partial charge is 0.241 e. The molecular formula is C18H26FN3O2. The van der Waals surface area contributed by atoms with Gasteiger partial charge < -0.3 is 16.4 Å². The van der Waals surface area contributed by atoms with E-state index in [-0.39, 0.29) is 29.3 Å². The van der Waals surface area contributed by atoms with Gasteiger partial charge in [0.25, 0.3) is 0 Å². The number of benzene rings is 1. The second-order valence-electron chi connectivity index (χ2n) is 6.78. The standard InChI is InChI=1S/C18H26FN3O2/c1-11(2)16(20)18(24)21-13-8-9-14(19)15(10-13)22-17(23)12-6-4-3-5-7-12/h8-12,16H,3-7,20H2,1-2H3,(H,21,24)(H,22,23)/t16-/m0/s1. The summed E-state index contributed by atoms with van der Waals surface area (Å²) in [6, 6.07) is 3.47. The van der Waals surface area contributed by atoms with Gasteiger partial charge >= 0.3 is 0 Å². The van der Waals surface area contributed by atoms with Crippen LogP contribution in [0.1, 0.15) is 46.0 Å². The van der Waals surface area contributed by atoms with E-state index in [0.717, 1.165) is 32.1 Å². The highest BCUT2D eigenvalue weighted by molar-refractivity contribution is 5.97. The topological polar surface area (TPSA) is 84.2 Å². The minimum absolute atomic E-state index is 0.00377. The lowest BCUT2D eigenvalue weighted by Crippen LogP contribution is -2.39. The Bertz CT molecular complexity index is 598. The van der Waals surface area contributed by atoms with Crippen molar-refractivity contribution in [3.05, 3.63) is 24.0 Å². The van der Waals surface area contributed by atoms with Crippen LogP contribution in [-0.2, 0) is 9.59 Å². The number of halogens is 1. The first-order valence-corrected chi connectivity index (χ1v) is 8.55. The molecule has 1 aromatic carbocycles. The summed E-state index contributed by atoms with van der Waals surface area (Å²) in [5.74, 6) is -1.08. The molecule has 6 heteroatoms. The van der Waals surface area contributed by atoms with Gasteiger partial charge in [0.15, 0.2) is 0 Å². The molecule has 132 valence electrons. The lowest BCUT2D eigenvalue weighted by Gasteiger charge is -2.21. The van der Waals surface area contributed by atoms with Gasteiger partial charge in [-0.1, -0.05) is 33.1 Å². The van der Waals surface area contributed by atoms with Crippen LogP contribution < -0.4 is 16.4 Å². The van der Waals surface area contributed by atoms with E-state index in [0.29, 0.717) is 5.69 Å². The van der Waals surface area contributed by atoms with Crippen molar-refractivity contribution in [2.24, 2.45) is 17.6 Å². The van der Waals surface area contributed by atoms with Crippen molar-refractivity contribution in [2.45, 2.75) is 52.0 Å². The van der Waals surface area contributed by atoms with Crippen LogP contribution in [0.4, 0.5) is 15.8 Å². The van der Waals surface area contributed by atoms with Crippen LogP contribution in [0, 0.1) is 17.7 Å². The van der Waals surface area contributed by atoms with Gasteiger partial charge in [-0.15, -0.1) is 0 Å². The highest BCUT2D eigenvalue weighted by Crippen LogP contribution is 2.26. The van der Waals surface area contributed by atoms with Gasteiger partial charge in [-0.05, 0) is 37.0 Å². The maximum atomic E-state index is 14.0. The molecule has 0 aliphatic heterocycles. The van der Waals surface area contributed by atoms with Gasteiger partial charge in [-0.3, -0.25) is 9.59 Å². The second-order valence-corrected chi connectivity index (χ2v) is 6.78. The monoisotopic (exact) mass is 335 g/mol. The second kappa shape index (κ2) is 8.24. The number of nitrogens with two attached hydrogens (primary N) is 1. The molecule has 2 amide bonds. The van der Waals surface area contributed by atoms with Crippen molar-refractivity contribution in [3.63, 3.8) is 0 Å². The SMILES string of the molecule is CC(C)[C@H](N)C(=O)Nc1ccc(F)c(NC(=O)C2CCCCC2)c1. The number of nitrogens with one attached hydrogen (secondary N) is 2. The average Bonchev–Trinajstić information content (AvgIpc) is 2.57. The molecule has 1 saturated carbocycles. The zero-order chi connectivity index (χ0) is 17.7. The fourth-order valence-corrected chi connectivity index (χ4v) is 2.83. The van der Waals surface area contributed by atoms with Gasteiger partial charge in [-0.2, -0.15) is 0 Å². The van der Waals surface area contributed by atoms with Crippen LogP contribution in [-0.4, -0.2) is 17.9 Å². The predicted octanol–water partition coefficient (Wildman–Crippen LogP) is 3.27. The molecule has 0 unspecified atom stereocenters. The Morgan fingerprint density at radius 2 is 1.83 bits per heavy atom. The summed E-state index contributed by atoms with van der Waals surface area (Å²) in [7, 11) is 0. The molecule has 0 aromatic heterocycles. The Balaban J connectivity index is 2.05. The highest BCUT2D eigenvalue weighted by atomic mass is 19.1. The maximum Gasteiger partial charge on any atom is 0.241 e. The van der Waals surface area contributed by atoms with E-state index in [4.69, 9.17) is 5.73 Å². The van der Waals surface area contributed by atoms with Gasteiger partial charge in [0.1, 0.15) is 5.82 Å². The molecule has 0 bridgehead atoms. The highest BCUT2D eigenvalue weighted by Gasteiger charge is 2.22. The molecular weight excluding hydrogens is 309 g/mol. The third kappa shape index (κ3) is 4.77. The molecule has 1 aliphatic rings. The summed E-state index contributed by atoms with van der Waals surface area (Å²) >= 11 is 0. The Morgan fingerprint density at radius 1 is 1.17 bits per heavy atom. The summed E-state index contributed by atoms with van der Waals surface area (Å²) in [6.45, 7) is 3.70. The molecule has 1 aliphatic carbocycles. The van der Waals surface area contributed by atoms with Gasteiger partial charge in [0.2, 0.25) is 11.8 Å². The molecule has 0 radical (unpaired) electrons. The van der Waals surface area contributed by atoms with Gasteiger partial charge in [-0.25, -0.2) is 4.39 Å². The first-order chi connectivity index (χ1) is 11.4. The third-order valence-electron chi connectivity index (χ3n) is 4.49. The zero-order valence-electron chi connectivity index (χ0n) is 14.3. The molecule has 2 rings (SSSR count). The molecule has 5 nitrogen and oxygen atoms in total. The lowest BCUT2D eigenvalue weighted by molar-refractivity contribution is -0.120. The van der Waals surface area contributed by atoms with Crippen molar-refractivity contribution in [1.29, 1.82) is 0 Å². The molecule has 4 N–H and O–H groups in total. The van der Waals surface area contributed by atoms with Crippen LogP contribution >= 0.6 is 0 Å². The number of hydrogen-bond donors (Lipinski definition) is 3. The number of anilines is 2. The molecule has 0 heterocycles. The van der Waals surface area contributed by atoms with Gasteiger partial charge in [0.05, 0.1) is 11.7 Å². The third-order valence-corrected chi connectivity index (χ3v) is 4.49. The van der Waals surface area contributed by atoms with Crippen LogP contribution in [0.3, 0.4) is 0 Å². The first-order valence-electron chi connectivity index (χ1n) is 8.55.